The van der Waals surface area contributed by atoms with Gasteiger partial charge in [-0.2, -0.15) is 0 Å². The Kier molecular flexibility index (Phi) is 9.10. The van der Waals surface area contributed by atoms with Gasteiger partial charge in [0, 0.05) is 25.5 Å². The molecule has 0 radical (unpaired) electrons. The van der Waals surface area contributed by atoms with Crippen LogP contribution >= 0.6 is 11.6 Å². The number of hydrogen-bond acceptors (Lipinski definition) is 2. The third kappa shape index (κ3) is 7.15. The maximum absolute atomic E-state index is 11.1. The molecule has 0 aromatic heterocycles. The first-order valence-corrected chi connectivity index (χ1v) is 5.71. The summed E-state index contributed by atoms with van der Waals surface area (Å²) >= 11 is 5.43. The molecule has 0 aromatic rings. The Hall–Kier alpha value is -0.280. The van der Waals surface area contributed by atoms with E-state index in [9.17, 15) is 4.79 Å². The molecule has 0 bridgehead atoms. The molecule has 1 amide bonds. The minimum atomic E-state index is -0.000886. The van der Waals surface area contributed by atoms with Crippen LogP contribution in [0.25, 0.3) is 0 Å². The highest BCUT2D eigenvalue weighted by Gasteiger charge is 2.08. The summed E-state index contributed by atoms with van der Waals surface area (Å²) in [5.74, 6) is 0.757. The van der Waals surface area contributed by atoms with Gasteiger partial charge in [0.25, 0.3) is 0 Å². The summed E-state index contributed by atoms with van der Waals surface area (Å²) in [5.41, 5.74) is 0. The van der Waals surface area contributed by atoms with Crippen LogP contribution in [-0.2, 0) is 4.79 Å². The second kappa shape index (κ2) is 9.28. The quantitative estimate of drug-likeness (QED) is 0.611. The number of amides is 1. The summed E-state index contributed by atoms with van der Waals surface area (Å²) in [6.45, 7) is 2.95. The van der Waals surface area contributed by atoms with E-state index in [0.717, 1.165) is 19.3 Å². The second-order valence-electron chi connectivity index (χ2n) is 3.41. The van der Waals surface area contributed by atoms with E-state index in [1.165, 1.54) is 0 Å². The topological polar surface area (TPSA) is 49.3 Å². The normalized spacial score (nSPS) is 12.5. The zero-order chi connectivity index (χ0) is 10.8. The van der Waals surface area contributed by atoms with Crippen LogP contribution in [0, 0.1) is 5.92 Å². The molecule has 0 saturated heterocycles. The van der Waals surface area contributed by atoms with Gasteiger partial charge in [0.2, 0.25) is 5.91 Å². The highest BCUT2D eigenvalue weighted by molar-refractivity contribution is 6.18. The Morgan fingerprint density at radius 3 is 2.71 bits per heavy atom. The van der Waals surface area contributed by atoms with E-state index in [1.54, 1.807) is 0 Å². The highest BCUT2D eigenvalue weighted by Crippen LogP contribution is 2.09. The Balaban J connectivity index is 3.63. The van der Waals surface area contributed by atoms with E-state index in [-0.39, 0.29) is 12.5 Å². The lowest BCUT2D eigenvalue weighted by Gasteiger charge is -2.15. The van der Waals surface area contributed by atoms with Gasteiger partial charge in [-0.15, -0.1) is 11.6 Å². The van der Waals surface area contributed by atoms with Crippen LogP contribution in [0.1, 0.15) is 32.6 Å². The molecule has 1 atom stereocenters. The fourth-order valence-corrected chi connectivity index (χ4v) is 1.54. The first-order chi connectivity index (χ1) is 6.74. The van der Waals surface area contributed by atoms with E-state index in [0.29, 0.717) is 24.8 Å². The lowest BCUT2D eigenvalue weighted by atomic mass is 10.0. The molecule has 84 valence electrons. The van der Waals surface area contributed by atoms with Crippen molar-refractivity contribution in [1.29, 1.82) is 0 Å². The van der Waals surface area contributed by atoms with Gasteiger partial charge in [0.15, 0.2) is 0 Å². The van der Waals surface area contributed by atoms with Crippen LogP contribution in [0.2, 0.25) is 0 Å². The van der Waals surface area contributed by atoms with Crippen molar-refractivity contribution < 1.29 is 9.90 Å². The second-order valence-corrected chi connectivity index (χ2v) is 3.79. The molecule has 0 aliphatic rings. The van der Waals surface area contributed by atoms with Crippen molar-refractivity contribution in [2.24, 2.45) is 5.92 Å². The minimum absolute atomic E-state index is 0.000886. The van der Waals surface area contributed by atoms with Crippen molar-refractivity contribution >= 4 is 17.5 Å². The summed E-state index contributed by atoms with van der Waals surface area (Å²) < 4.78 is 0. The number of hydrogen-bond donors (Lipinski definition) is 2. The summed E-state index contributed by atoms with van der Waals surface area (Å²) in [7, 11) is 0. The standard InChI is InChI=1S/C10H20ClNO2/c1-2-3-9(5-7-13)8-12-10(14)4-6-11/h9,13H,2-8H2,1H3,(H,12,14). The molecule has 0 saturated carbocycles. The van der Waals surface area contributed by atoms with Crippen molar-refractivity contribution in [3.63, 3.8) is 0 Å². The number of carbonyl (C=O) groups is 1. The third-order valence-corrected chi connectivity index (χ3v) is 2.33. The largest absolute Gasteiger partial charge is 0.396 e. The number of aliphatic hydroxyl groups excluding tert-OH is 1. The maximum Gasteiger partial charge on any atom is 0.221 e. The Morgan fingerprint density at radius 2 is 2.21 bits per heavy atom. The molecule has 0 aromatic carbocycles. The molecule has 0 spiro atoms. The fraction of sp³-hybridized carbons (Fsp3) is 0.900. The number of nitrogens with one attached hydrogen (secondary N) is 1. The molecule has 0 heterocycles. The highest BCUT2D eigenvalue weighted by atomic mass is 35.5. The Labute approximate surface area is 90.8 Å². The zero-order valence-corrected chi connectivity index (χ0v) is 9.52. The molecular formula is C10H20ClNO2. The first-order valence-electron chi connectivity index (χ1n) is 5.18. The molecule has 4 heteroatoms. The van der Waals surface area contributed by atoms with Crippen LogP contribution in [0.3, 0.4) is 0 Å². The molecule has 2 N–H and O–H groups in total. The summed E-state index contributed by atoms with van der Waals surface area (Å²) in [4.78, 5) is 11.1. The fourth-order valence-electron chi connectivity index (χ4n) is 1.37. The van der Waals surface area contributed by atoms with Crippen LogP contribution in [0.5, 0.6) is 0 Å². The lowest BCUT2D eigenvalue weighted by molar-refractivity contribution is -0.120. The van der Waals surface area contributed by atoms with Gasteiger partial charge in [0.05, 0.1) is 0 Å². The van der Waals surface area contributed by atoms with E-state index >= 15 is 0 Å². The average molecular weight is 222 g/mol. The van der Waals surface area contributed by atoms with Gasteiger partial charge in [-0.25, -0.2) is 0 Å². The lowest BCUT2D eigenvalue weighted by Crippen LogP contribution is -2.29. The molecule has 0 aliphatic heterocycles. The van der Waals surface area contributed by atoms with Crippen LogP contribution in [0.4, 0.5) is 0 Å². The SMILES string of the molecule is CCCC(CCO)CNC(=O)CCCl. The van der Waals surface area contributed by atoms with Crippen molar-refractivity contribution in [3.05, 3.63) is 0 Å². The zero-order valence-electron chi connectivity index (χ0n) is 8.76. The van der Waals surface area contributed by atoms with E-state index in [4.69, 9.17) is 16.7 Å². The monoisotopic (exact) mass is 221 g/mol. The van der Waals surface area contributed by atoms with Crippen molar-refractivity contribution in [2.75, 3.05) is 19.0 Å². The summed E-state index contributed by atoms with van der Waals surface area (Å²) in [6.07, 6.45) is 3.26. The smallest absolute Gasteiger partial charge is 0.221 e. The predicted molar refractivity (Wildman–Crippen MR) is 58.4 cm³/mol. The molecule has 0 aliphatic carbocycles. The molecule has 0 rings (SSSR count). The maximum atomic E-state index is 11.1. The average Bonchev–Trinajstić information content (AvgIpc) is 2.15. The molecule has 1 unspecified atom stereocenters. The number of aliphatic hydroxyl groups is 1. The van der Waals surface area contributed by atoms with E-state index in [2.05, 4.69) is 12.2 Å². The number of alkyl halides is 1. The van der Waals surface area contributed by atoms with Crippen molar-refractivity contribution in [3.8, 4) is 0 Å². The number of rotatable bonds is 8. The van der Waals surface area contributed by atoms with E-state index in [1.807, 2.05) is 0 Å². The summed E-state index contributed by atoms with van der Waals surface area (Å²) in [5, 5.41) is 11.6. The van der Waals surface area contributed by atoms with Crippen molar-refractivity contribution in [2.45, 2.75) is 32.6 Å². The van der Waals surface area contributed by atoms with Crippen LogP contribution < -0.4 is 5.32 Å². The predicted octanol–water partition coefficient (Wildman–Crippen LogP) is 1.53. The van der Waals surface area contributed by atoms with E-state index < -0.39 is 0 Å². The Bertz CT molecular complexity index is 147. The number of halogens is 1. The summed E-state index contributed by atoms with van der Waals surface area (Å²) in [6, 6.07) is 0. The van der Waals surface area contributed by atoms with Crippen molar-refractivity contribution in [1.82, 2.24) is 5.32 Å². The van der Waals surface area contributed by atoms with Gasteiger partial charge >= 0.3 is 0 Å². The van der Waals surface area contributed by atoms with Gasteiger partial charge in [-0.3, -0.25) is 4.79 Å². The van der Waals surface area contributed by atoms with Gasteiger partial charge in [0.1, 0.15) is 0 Å². The molecule has 0 fully saturated rings. The van der Waals surface area contributed by atoms with Gasteiger partial charge < -0.3 is 10.4 Å². The molecular weight excluding hydrogens is 202 g/mol. The molecule has 14 heavy (non-hydrogen) atoms. The molecule has 3 nitrogen and oxygen atoms in total. The number of carbonyl (C=O) groups excluding carboxylic acids is 1. The van der Waals surface area contributed by atoms with Gasteiger partial charge in [-0.05, 0) is 18.8 Å². The van der Waals surface area contributed by atoms with Crippen LogP contribution in [0.15, 0.2) is 0 Å². The Morgan fingerprint density at radius 1 is 1.50 bits per heavy atom. The van der Waals surface area contributed by atoms with Gasteiger partial charge in [-0.1, -0.05) is 13.3 Å². The third-order valence-electron chi connectivity index (χ3n) is 2.14. The van der Waals surface area contributed by atoms with Crippen LogP contribution in [-0.4, -0.2) is 30.0 Å². The minimum Gasteiger partial charge on any atom is -0.396 e. The first kappa shape index (κ1) is 13.7.